The molecule has 0 saturated carbocycles. The minimum atomic E-state index is -0.349. The summed E-state index contributed by atoms with van der Waals surface area (Å²) in [6.45, 7) is 6.14. The third-order valence-electron chi connectivity index (χ3n) is 5.82. The summed E-state index contributed by atoms with van der Waals surface area (Å²) < 4.78 is 18.8. The maximum Gasteiger partial charge on any atom is 0.123 e. The maximum atomic E-state index is 13.3. The number of aryl methyl sites for hydroxylation is 1. The molecule has 0 radical (unpaired) electrons. The van der Waals surface area contributed by atoms with Gasteiger partial charge in [-0.15, -0.1) is 0 Å². The Morgan fingerprint density at radius 1 is 1.04 bits per heavy atom. The van der Waals surface area contributed by atoms with E-state index in [4.69, 9.17) is 4.74 Å². The van der Waals surface area contributed by atoms with Crippen LogP contribution in [0.1, 0.15) is 29.5 Å². The van der Waals surface area contributed by atoms with E-state index in [9.17, 15) is 9.50 Å². The Bertz CT molecular complexity index is 864. The van der Waals surface area contributed by atoms with Gasteiger partial charge in [0.2, 0.25) is 0 Å². The van der Waals surface area contributed by atoms with Gasteiger partial charge in [-0.3, -0.25) is 0 Å². The van der Waals surface area contributed by atoms with Crippen LogP contribution in [0.3, 0.4) is 0 Å². The van der Waals surface area contributed by atoms with Crippen molar-refractivity contribution in [3.63, 3.8) is 0 Å². The number of benzene rings is 2. The van der Waals surface area contributed by atoms with Gasteiger partial charge in [0.1, 0.15) is 11.6 Å². The van der Waals surface area contributed by atoms with Gasteiger partial charge in [0.15, 0.2) is 0 Å². The van der Waals surface area contributed by atoms with E-state index in [2.05, 4.69) is 31.3 Å². The summed E-state index contributed by atoms with van der Waals surface area (Å²) >= 11 is 0. The first-order chi connectivity index (χ1) is 12.5. The normalized spacial score (nSPS) is 19.3. The van der Waals surface area contributed by atoms with Gasteiger partial charge in [0.05, 0.1) is 5.54 Å². The molecule has 1 spiro atoms. The van der Waals surface area contributed by atoms with E-state index in [1.165, 1.54) is 12.1 Å². The molecule has 2 aliphatic rings. The van der Waals surface area contributed by atoms with Crippen molar-refractivity contribution in [2.45, 2.75) is 32.2 Å². The van der Waals surface area contributed by atoms with Crippen LogP contribution >= 0.6 is 0 Å². The molecule has 2 heterocycles. The molecule has 0 aromatic heterocycles. The van der Waals surface area contributed by atoms with Crippen molar-refractivity contribution in [3.05, 3.63) is 64.7 Å². The first-order valence-corrected chi connectivity index (χ1v) is 9.14. The number of halogens is 1. The van der Waals surface area contributed by atoms with Gasteiger partial charge < -0.3 is 15.2 Å². The van der Waals surface area contributed by atoms with Gasteiger partial charge in [-0.2, -0.15) is 0 Å². The van der Waals surface area contributed by atoms with Gasteiger partial charge in [-0.25, -0.2) is 4.39 Å². The van der Waals surface area contributed by atoms with Crippen LogP contribution < -0.4 is 5.32 Å². The van der Waals surface area contributed by atoms with Crippen molar-refractivity contribution < 1.29 is 14.2 Å². The Labute approximate surface area is 153 Å². The van der Waals surface area contributed by atoms with E-state index in [-0.39, 0.29) is 11.4 Å². The maximum absolute atomic E-state index is 13.3. The molecule has 2 aromatic rings. The lowest BCUT2D eigenvalue weighted by Gasteiger charge is -2.33. The predicted octanol–water partition coefficient (Wildman–Crippen LogP) is 4.53. The summed E-state index contributed by atoms with van der Waals surface area (Å²) in [5.74, 6) is 0.226. The number of hydrogen-bond acceptors (Lipinski definition) is 3. The summed E-state index contributed by atoms with van der Waals surface area (Å²) in [5.41, 5.74) is 6.03. The summed E-state index contributed by atoms with van der Waals surface area (Å²) in [4.78, 5) is 0. The van der Waals surface area contributed by atoms with Crippen LogP contribution in [0, 0.1) is 19.7 Å². The average molecular weight is 353 g/mol. The molecule has 0 amide bonds. The Balaban J connectivity index is 1.82. The molecule has 4 heteroatoms. The van der Waals surface area contributed by atoms with Gasteiger partial charge in [0, 0.05) is 25.3 Å². The minimum Gasteiger partial charge on any atom is -0.510 e. The summed E-state index contributed by atoms with van der Waals surface area (Å²) in [6, 6.07) is 10.7. The zero-order valence-corrected chi connectivity index (χ0v) is 15.2. The van der Waals surface area contributed by atoms with Crippen LogP contribution in [-0.4, -0.2) is 30.4 Å². The summed E-state index contributed by atoms with van der Waals surface area (Å²) in [6.07, 6.45) is 1.58. The van der Waals surface area contributed by atoms with Gasteiger partial charge >= 0.3 is 0 Å². The molecule has 0 aliphatic carbocycles. The Kier molecular flexibility index (Phi) is 4.33. The SMILES string of the molecule is Cc1ccc(-c2ccc(F)cc2)c(C)c1C1=C(O)C2(CCOCC2)NC1. The van der Waals surface area contributed by atoms with Crippen LogP contribution in [-0.2, 0) is 4.74 Å². The molecule has 4 rings (SSSR count). The van der Waals surface area contributed by atoms with E-state index in [0.717, 1.165) is 46.2 Å². The third kappa shape index (κ3) is 2.74. The minimum absolute atomic E-state index is 0.236. The molecular weight excluding hydrogens is 329 g/mol. The van der Waals surface area contributed by atoms with Gasteiger partial charge in [-0.05, 0) is 66.6 Å². The van der Waals surface area contributed by atoms with Crippen LogP contribution in [0.2, 0.25) is 0 Å². The second-order valence-electron chi connectivity index (χ2n) is 7.31. The lowest BCUT2D eigenvalue weighted by Crippen LogP contribution is -2.47. The Morgan fingerprint density at radius 2 is 1.73 bits per heavy atom. The number of aliphatic hydroxyl groups excluding tert-OH is 1. The second kappa shape index (κ2) is 6.53. The van der Waals surface area contributed by atoms with E-state index in [0.29, 0.717) is 25.5 Å². The number of aliphatic hydroxyl groups is 1. The van der Waals surface area contributed by atoms with Crippen LogP contribution in [0.25, 0.3) is 16.7 Å². The molecule has 2 N–H and O–H groups in total. The number of nitrogens with one attached hydrogen (secondary N) is 1. The Hall–Kier alpha value is -2.17. The molecule has 0 bridgehead atoms. The smallest absolute Gasteiger partial charge is 0.123 e. The highest BCUT2D eigenvalue weighted by Gasteiger charge is 2.43. The number of ether oxygens (including phenoxy) is 1. The fourth-order valence-electron chi connectivity index (χ4n) is 4.31. The van der Waals surface area contributed by atoms with Crippen LogP contribution in [0.4, 0.5) is 4.39 Å². The molecule has 0 atom stereocenters. The Morgan fingerprint density at radius 3 is 2.42 bits per heavy atom. The van der Waals surface area contributed by atoms with Crippen molar-refractivity contribution >= 4 is 5.57 Å². The zero-order valence-electron chi connectivity index (χ0n) is 15.2. The number of hydrogen-bond donors (Lipinski definition) is 2. The predicted molar refractivity (Wildman–Crippen MR) is 102 cm³/mol. The van der Waals surface area contributed by atoms with Crippen LogP contribution in [0.15, 0.2) is 42.2 Å². The van der Waals surface area contributed by atoms with Crippen molar-refractivity contribution in [2.24, 2.45) is 0 Å². The quantitative estimate of drug-likeness (QED) is 0.833. The fraction of sp³-hybridized carbons (Fsp3) is 0.364. The first kappa shape index (κ1) is 17.3. The molecule has 2 aromatic carbocycles. The summed E-state index contributed by atoms with van der Waals surface area (Å²) in [7, 11) is 0. The molecular formula is C22H24FNO2. The molecule has 2 aliphatic heterocycles. The van der Waals surface area contributed by atoms with Crippen molar-refractivity contribution in [3.8, 4) is 11.1 Å². The molecule has 1 fully saturated rings. The standard InChI is InChI=1S/C22H24FNO2/c1-14-3-8-18(16-4-6-17(23)7-5-16)15(2)20(14)19-13-24-22(21(19)25)9-11-26-12-10-22/h3-8,24-25H,9-13H2,1-2H3. The zero-order chi connectivity index (χ0) is 18.3. The average Bonchev–Trinajstić information content (AvgIpc) is 2.94. The fourth-order valence-corrected chi connectivity index (χ4v) is 4.31. The molecule has 136 valence electrons. The second-order valence-corrected chi connectivity index (χ2v) is 7.31. The van der Waals surface area contributed by atoms with E-state index < -0.39 is 0 Å². The molecule has 0 unspecified atom stereocenters. The third-order valence-corrected chi connectivity index (χ3v) is 5.82. The van der Waals surface area contributed by atoms with E-state index in [1.807, 2.05) is 0 Å². The lowest BCUT2D eigenvalue weighted by molar-refractivity contribution is 0.0425. The van der Waals surface area contributed by atoms with Crippen molar-refractivity contribution in [1.29, 1.82) is 0 Å². The van der Waals surface area contributed by atoms with Crippen molar-refractivity contribution in [2.75, 3.05) is 19.8 Å². The monoisotopic (exact) mass is 353 g/mol. The lowest BCUT2D eigenvalue weighted by atomic mass is 9.85. The van der Waals surface area contributed by atoms with Crippen molar-refractivity contribution in [1.82, 2.24) is 5.32 Å². The van der Waals surface area contributed by atoms with E-state index >= 15 is 0 Å². The largest absolute Gasteiger partial charge is 0.510 e. The van der Waals surface area contributed by atoms with E-state index in [1.54, 1.807) is 12.1 Å². The molecule has 26 heavy (non-hydrogen) atoms. The molecule has 1 saturated heterocycles. The van der Waals surface area contributed by atoms with Gasteiger partial charge in [0.25, 0.3) is 0 Å². The topological polar surface area (TPSA) is 41.5 Å². The van der Waals surface area contributed by atoms with Gasteiger partial charge in [-0.1, -0.05) is 24.3 Å². The highest BCUT2D eigenvalue weighted by atomic mass is 19.1. The number of rotatable bonds is 2. The highest BCUT2D eigenvalue weighted by molar-refractivity contribution is 5.82. The first-order valence-electron chi connectivity index (χ1n) is 9.14. The highest BCUT2D eigenvalue weighted by Crippen LogP contribution is 2.40. The molecule has 3 nitrogen and oxygen atoms in total. The summed E-state index contributed by atoms with van der Waals surface area (Å²) in [5, 5.41) is 14.6. The van der Waals surface area contributed by atoms with Crippen LogP contribution in [0.5, 0.6) is 0 Å².